The molecule has 4 rings (SSSR count). The van der Waals surface area contributed by atoms with Crippen molar-refractivity contribution in [1.82, 2.24) is 20.1 Å². The molecule has 1 unspecified atom stereocenters. The molecular weight excluding hydrogens is 419 g/mol. The minimum Gasteiger partial charge on any atom is -0.357 e. The number of rotatable bonds is 2. The number of benzene rings is 2. The molecule has 3 N–H and O–H groups in total. The van der Waals surface area contributed by atoms with Crippen molar-refractivity contribution in [3.8, 4) is 5.69 Å². The van der Waals surface area contributed by atoms with Crippen molar-refractivity contribution in [3.63, 3.8) is 0 Å². The quantitative estimate of drug-likeness (QED) is 0.591. The van der Waals surface area contributed by atoms with Crippen LogP contribution in [0.3, 0.4) is 0 Å². The SMILES string of the molecule is CCNC(C)=O.Cc1nnc2n1-c1ccccc1C(c1ccc(Cl)cc1)=NC2.NP. The van der Waals surface area contributed by atoms with Gasteiger partial charge in [0.1, 0.15) is 12.4 Å². The van der Waals surface area contributed by atoms with Crippen molar-refractivity contribution in [2.24, 2.45) is 10.5 Å². The van der Waals surface area contributed by atoms with Crippen molar-refractivity contribution in [2.45, 2.75) is 27.3 Å². The highest BCUT2D eigenvalue weighted by molar-refractivity contribution is 7.13. The number of amides is 1. The summed E-state index contributed by atoms with van der Waals surface area (Å²) in [7, 11) is 1.92. The second kappa shape index (κ2) is 11.6. The fourth-order valence-electron chi connectivity index (χ4n) is 3.03. The van der Waals surface area contributed by atoms with Crippen LogP contribution in [-0.2, 0) is 11.3 Å². The number of aryl methyl sites for hydroxylation is 1. The average molecular weight is 445 g/mol. The van der Waals surface area contributed by atoms with Gasteiger partial charge in [-0.25, -0.2) is 0 Å². The summed E-state index contributed by atoms with van der Waals surface area (Å²) in [4.78, 5) is 14.7. The number of nitrogens with zero attached hydrogens (tertiary/aromatic N) is 4. The number of fused-ring (bicyclic) bond motifs is 3. The zero-order chi connectivity index (χ0) is 22.1. The number of aliphatic imine (C=N–C) groups is 1. The van der Waals surface area contributed by atoms with Gasteiger partial charge in [-0.3, -0.25) is 14.4 Å². The maximum absolute atomic E-state index is 9.93. The van der Waals surface area contributed by atoms with Crippen molar-refractivity contribution in [3.05, 3.63) is 76.3 Å². The maximum atomic E-state index is 9.93. The van der Waals surface area contributed by atoms with Crippen LogP contribution >= 0.6 is 21.0 Å². The van der Waals surface area contributed by atoms with Gasteiger partial charge in [-0.1, -0.05) is 51.3 Å². The predicted octanol–water partition coefficient (Wildman–Crippen LogP) is 3.46. The standard InChI is InChI=1S/C17H13ClN4.C4H9NO.H4NP/c1-11-20-21-16-10-19-17(12-6-8-13(18)9-7-12)14-4-2-3-5-15(14)22(11)16;1-3-5-4(2)6;1-2/h2-9H,10H2,1H3;3H2,1-2H3,(H,5,6);1-2H2. The van der Waals surface area contributed by atoms with E-state index in [0.29, 0.717) is 6.54 Å². The van der Waals surface area contributed by atoms with Gasteiger partial charge in [-0.2, -0.15) is 0 Å². The summed E-state index contributed by atoms with van der Waals surface area (Å²) in [5, 5.41) is 11.7. The topological polar surface area (TPSA) is 98.2 Å². The molecule has 1 aromatic heterocycles. The van der Waals surface area contributed by atoms with Crippen molar-refractivity contribution in [2.75, 3.05) is 6.54 Å². The lowest BCUT2D eigenvalue weighted by Crippen LogP contribution is -2.18. The molecule has 3 aromatic rings. The van der Waals surface area contributed by atoms with Gasteiger partial charge in [-0.05, 0) is 32.0 Å². The summed E-state index contributed by atoms with van der Waals surface area (Å²) in [6.45, 7) is 6.59. The largest absolute Gasteiger partial charge is 0.357 e. The van der Waals surface area contributed by atoms with E-state index in [9.17, 15) is 4.79 Å². The fraction of sp³-hybridized carbons (Fsp3) is 0.238. The van der Waals surface area contributed by atoms with E-state index in [4.69, 9.17) is 16.6 Å². The zero-order valence-electron chi connectivity index (χ0n) is 17.3. The van der Waals surface area contributed by atoms with Crippen LogP contribution in [-0.4, -0.2) is 32.9 Å². The number of aromatic nitrogens is 3. The number of carbonyl (C=O) groups is 1. The highest BCUT2D eigenvalue weighted by Crippen LogP contribution is 2.25. The van der Waals surface area contributed by atoms with Gasteiger partial charge in [0.15, 0.2) is 5.82 Å². The Balaban J connectivity index is 0.000000348. The zero-order valence-corrected chi connectivity index (χ0v) is 19.2. The van der Waals surface area contributed by atoms with Crippen LogP contribution in [0.2, 0.25) is 5.02 Å². The molecule has 2 aromatic carbocycles. The second-order valence-electron chi connectivity index (χ2n) is 6.27. The lowest BCUT2D eigenvalue weighted by atomic mass is 10.0. The molecule has 7 nitrogen and oxygen atoms in total. The Morgan fingerprint density at radius 2 is 1.83 bits per heavy atom. The number of para-hydroxylation sites is 1. The molecule has 9 heteroatoms. The molecule has 1 aliphatic heterocycles. The van der Waals surface area contributed by atoms with E-state index < -0.39 is 0 Å². The van der Waals surface area contributed by atoms with Gasteiger partial charge < -0.3 is 10.8 Å². The fourth-order valence-corrected chi connectivity index (χ4v) is 3.16. The minimum atomic E-state index is 0.0394. The van der Waals surface area contributed by atoms with E-state index in [1.165, 1.54) is 6.92 Å². The van der Waals surface area contributed by atoms with Crippen LogP contribution in [0, 0.1) is 6.92 Å². The van der Waals surface area contributed by atoms with Crippen molar-refractivity contribution in [1.29, 1.82) is 0 Å². The van der Waals surface area contributed by atoms with Crippen molar-refractivity contribution >= 4 is 32.6 Å². The van der Waals surface area contributed by atoms with Gasteiger partial charge in [0.25, 0.3) is 0 Å². The van der Waals surface area contributed by atoms with E-state index in [1.54, 1.807) is 0 Å². The van der Waals surface area contributed by atoms with Crippen LogP contribution in [0.5, 0.6) is 0 Å². The van der Waals surface area contributed by atoms with E-state index >= 15 is 0 Å². The normalized spacial score (nSPS) is 11.3. The van der Waals surface area contributed by atoms with Crippen LogP contribution < -0.4 is 10.8 Å². The molecule has 30 heavy (non-hydrogen) atoms. The molecule has 1 aliphatic rings. The Labute approximate surface area is 184 Å². The molecular formula is C21H26ClN6OP. The number of nitrogens with one attached hydrogen (secondary N) is 1. The molecule has 0 bridgehead atoms. The predicted molar refractivity (Wildman–Crippen MR) is 125 cm³/mol. The summed E-state index contributed by atoms with van der Waals surface area (Å²) in [5.74, 6) is 1.77. The van der Waals surface area contributed by atoms with Crippen molar-refractivity contribution < 1.29 is 4.79 Å². The van der Waals surface area contributed by atoms with Gasteiger partial charge in [-0.15, -0.1) is 10.2 Å². The minimum absolute atomic E-state index is 0.0394. The highest BCUT2D eigenvalue weighted by Gasteiger charge is 2.20. The summed E-state index contributed by atoms with van der Waals surface area (Å²) >= 11 is 6.00. The van der Waals surface area contributed by atoms with Gasteiger partial charge in [0, 0.05) is 29.6 Å². The molecule has 0 aliphatic carbocycles. The molecule has 0 saturated heterocycles. The van der Waals surface area contributed by atoms with Crippen LogP contribution in [0.25, 0.3) is 5.69 Å². The third kappa shape index (κ3) is 5.72. The summed E-state index contributed by atoms with van der Waals surface area (Å²) in [6.07, 6.45) is 0. The molecule has 0 radical (unpaired) electrons. The molecule has 0 spiro atoms. The van der Waals surface area contributed by atoms with Crippen LogP contribution in [0.1, 0.15) is 36.6 Å². The monoisotopic (exact) mass is 444 g/mol. The first kappa shape index (κ1) is 23.7. The number of hydrogen-bond acceptors (Lipinski definition) is 5. The molecule has 2 heterocycles. The molecule has 1 amide bonds. The lowest BCUT2D eigenvalue weighted by Gasteiger charge is -2.12. The summed E-state index contributed by atoms with van der Waals surface area (Å²) < 4.78 is 2.07. The number of carbonyl (C=O) groups excluding carboxylic acids is 1. The first-order chi connectivity index (χ1) is 14.5. The van der Waals surface area contributed by atoms with E-state index in [1.807, 2.05) is 59.6 Å². The summed E-state index contributed by atoms with van der Waals surface area (Å²) in [6, 6.07) is 16.0. The van der Waals surface area contributed by atoms with E-state index in [-0.39, 0.29) is 5.91 Å². The smallest absolute Gasteiger partial charge is 0.216 e. The Hall–Kier alpha value is -2.60. The van der Waals surface area contributed by atoms with Gasteiger partial charge in [0.05, 0.1) is 11.4 Å². The number of hydrogen-bond donors (Lipinski definition) is 2. The van der Waals surface area contributed by atoms with Gasteiger partial charge in [0.2, 0.25) is 5.91 Å². The number of nitrogens with two attached hydrogens (primary N) is 1. The maximum Gasteiger partial charge on any atom is 0.216 e. The van der Waals surface area contributed by atoms with E-state index in [0.717, 1.165) is 45.7 Å². The lowest BCUT2D eigenvalue weighted by molar-refractivity contribution is -0.118. The third-order valence-corrected chi connectivity index (χ3v) is 4.47. The van der Waals surface area contributed by atoms with Crippen LogP contribution in [0.15, 0.2) is 53.5 Å². The first-order valence-electron chi connectivity index (χ1n) is 9.40. The van der Waals surface area contributed by atoms with Gasteiger partial charge >= 0.3 is 0 Å². The summed E-state index contributed by atoms with van der Waals surface area (Å²) in [5.41, 5.74) is 8.56. The Bertz CT molecular complexity index is 1020. The second-order valence-corrected chi connectivity index (χ2v) is 6.71. The first-order valence-corrected chi connectivity index (χ1v) is 10.4. The number of halogens is 1. The molecule has 158 valence electrons. The Morgan fingerprint density at radius 3 is 2.43 bits per heavy atom. The molecule has 0 saturated carbocycles. The van der Waals surface area contributed by atoms with E-state index in [2.05, 4.69) is 37.7 Å². The Kier molecular flexibility index (Phi) is 9.12. The third-order valence-electron chi connectivity index (χ3n) is 4.21. The highest BCUT2D eigenvalue weighted by atomic mass is 35.5. The molecule has 1 atom stereocenters. The van der Waals surface area contributed by atoms with Crippen LogP contribution in [0.4, 0.5) is 0 Å². The Morgan fingerprint density at radius 1 is 1.17 bits per heavy atom. The molecule has 0 fully saturated rings. The average Bonchev–Trinajstić information content (AvgIpc) is 3.03.